The maximum Gasteiger partial charge on any atom is 0.322 e. The summed E-state index contributed by atoms with van der Waals surface area (Å²) in [4.78, 5) is 10.0. The van der Waals surface area contributed by atoms with Crippen molar-refractivity contribution in [2.24, 2.45) is 5.73 Å². The summed E-state index contributed by atoms with van der Waals surface area (Å²) in [7, 11) is -3.00. The molecule has 0 aliphatic rings. The molecule has 1 aromatic rings. The van der Waals surface area contributed by atoms with Crippen LogP contribution in [0.25, 0.3) is 0 Å². The quantitative estimate of drug-likeness (QED) is 0.644. The van der Waals surface area contributed by atoms with E-state index in [-0.39, 0.29) is 17.1 Å². The Kier molecular flexibility index (Phi) is 9.78. The molecule has 107 valence electrons. The first-order chi connectivity index (χ1) is 7.79. The van der Waals surface area contributed by atoms with E-state index in [0.29, 0.717) is 4.90 Å². The average molecular weight is 325 g/mol. The first-order valence-corrected chi connectivity index (χ1v) is 6.52. The van der Waals surface area contributed by atoms with Crippen molar-refractivity contribution >= 4 is 15.8 Å². The zero-order chi connectivity index (χ0) is 13.5. The van der Waals surface area contributed by atoms with Crippen LogP contribution in [0.1, 0.15) is 0 Å². The molecule has 0 aliphatic heterocycles. The van der Waals surface area contributed by atoms with Gasteiger partial charge < -0.3 is 15.9 Å². The van der Waals surface area contributed by atoms with Crippen molar-refractivity contribution in [2.45, 2.75) is 10.9 Å². The summed E-state index contributed by atoms with van der Waals surface area (Å²) < 4.78 is 21.7. The van der Waals surface area contributed by atoms with Crippen LogP contribution in [0.15, 0.2) is 35.2 Å². The average Bonchev–Trinajstić information content (AvgIpc) is 2.28. The van der Waals surface area contributed by atoms with Gasteiger partial charge in [-0.25, -0.2) is 8.42 Å². The van der Waals surface area contributed by atoms with Crippen LogP contribution in [-0.2, 0) is 31.7 Å². The van der Waals surface area contributed by atoms with Crippen LogP contribution in [-0.4, -0.2) is 43.5 Å². The van der Waals surface area contributed by atoms with Gasteiger partial charge in [0.1, 0.15) is 6.04 Å². The molecule has 0 saturated carbocycles. The maximum absolute atomic E-state index is 10.8. The molecular formula is C10H15CuNO5S. The number of benzene rings is 1. The van der Waals surface area contributed by atoms with Gasteiger partial charge in [-0.05, 0) is 12.1 Å². The molecule has 1 rings (SSSR count). The van der Waals surface area contributed by atoms with Crippen molar-refractivity contribution in [2.75, 3.05) is 12.9 Å². The maximum atomic E-state index is 10.8. The molecule has 1 radical (unpaired) electrons. The number of carbonyl (C=O) groups is 1. The smallest absolute Gasteiger partial charge is 0.322 e. The third kappa shape index (κ3) is 8.21. The molecule has 0 spiro atoms. The van der Waals surface area contributed by atoms with Gasteiger partial charge in [0.15, 0.2) is 9.84 Å². The van der Waals surface area contributed by atoms with Crippen LogP contribution in [0.2, 0.25) is 0 Å². The topological polar surface area (TPSA) is 118 Å². The summed E-state index contributed by atoms with van der Waals surface area (Å²) in [6, 6.07) is 7.23. The van der Waals surface area contributed by atoms with Gasteiger partial charge in [0.05, 0.1) is 11.5 Å². The Hall–Kier alpha value is -0.921. The second-order valence-electron chi connectivity index (χ2n) is 3.21. The number of sulfone groups is 1. The third-order valence-corrected chi connectivity index (χ3v) is 2.81. The molecule has 1 aromatic carbocycles. The van der Waals surface area contributed by atoms with Crippen molar-refractivity contribution in [1.82, 2.24) is 0 Å². The summed E-state index contributed by atoms with van der Waals surface area (Å²) in [6.07, 6.45) is 1.20. The zero-order valence-corrected chi connectivity index (χ0v) is 11.3. The van der Waals surface area contributed by atoms with Crippen molar-refractivity contribution < 1.29 is 40.5 Å². The molecule has 18 heavy (non-hydrogen) atoms. The number of carboxylic acids is 1. The van der Waals surface area contributed by atoms with E-state index in [9.17, 15) is 13.2 Å². The minimum absolute atomic E-state index is 0. The molecule has 4 N–H and O–H groups in total. The molecule has 0 heterocycles. The molecule has 6 nitrogen and oxygen atoms in total. The van der Waals surface area contributed by atoms with Crippen molar-refractivity contribution in [3.05, 3.63) is 30.3 Å². The predicted octanol–water partition coefficient (Wildman–Crippen LogP) is -0.522. The minimum atomic E-state index is -3.00. The van der Waals surface area contributed by atoms with E-state index in [1.807, 2.05) is 0 Å². The Morgan fingerprint density at radius 2 is 1.78 bits per heavy atom. The van der Waals surface area contributed by atoms with Gasteiger partial charge in [0.2, 0.25) is 0 Å². The monoisotopic (exact) mass is 324 g/mol. The molecule has 1 atom stereocenters. The normalized spacial score (nSPS) is 11.5. The second-order valence-corrected chi connectivity index (χ2v) is 5.23. The summed E-state index contributed by atoms with van der Waals surface area (Å²) in [6.45, 7) is -0.505. The van der Waals surface area contributed by atoms with Gasteiger partial charge in [0, 0.05) is 23.3 Å². The number of aliphatic hydroxyl groups is 1. The van der Waals surface area contributed by atoms with E-state index in [2.05, 4.69) is 0 Å². The first kappa shape index (κ1) is 19.4. The molecule has 8 heteroatoms. The fourth-order valence-electron chi connectivity index (χ4n) is 0.746. The van der Waals surface area contributed by atoms with Crippen LogP contribution in [0.3, 0.4) is 0 Å². The molecule has 0 amide bonds. The van der Waals surface area contributed by atoms with Crippen LogP contribution in [0.5, 0.6) is 0 Å². The number of hydrogen-bond donors (Lipinski definition) is 3. The number of aliphatic carboxylic acids is 1. The fourth-order valence-corrected chi connectivity index (χ4v) is 1.40. The molecule has 0 aromatic heterocycles. The Morgan fingerprint density at radius 3 is 1.94 bits per heavy atom. The Balaban J connectivity index is 0. The summed E-state index contributed by atoms with van der Waals surface area (Å²) >= 11 is 0. The van der Waals surface area contributed by atoms with E-state index in [1.165, 1.54) is 6.26 Å². The van der Waals surface area contributed by atoms with Crippen molar-refractivity contribution in [1.29, 1.82) is 0 Å². The van der Waals surface area contributed by atoms with Gasteiger partial charge >= 0.3 is 5.97 Å². The van der Waals surface area contributed by atoms with E-state index < -0.39 is 28.5 Å². The second kappa shape index (κ2) is 9.07. The third-order valence-electron chi connectivity index (χ3n) is 1.69. The van der Waals surface area contributed by atoms with Crippen molar-refractivity contribution in [3.8, 4) is 0 Å². The predicted molar refractivity (Wildman–Crippen MR) is 62.2 cm³/mol. The van der Waals surface area contributed by atoms with Gasteiger partial charge in [-0.1, -0.05) is 18.2 Å². The summed E-state index contributed by atoms with van der Waals surface area (Å²) in [5.74, 6) is -1.18. The molecule has 0 aliphatic carbocycles. The number of rotatable bonds is 3. The van der Waals surface area contributed by atoms with Crippen LogP contribution >= 0.6 is 0 Å². The van der Waals surface area contributed by atoms with Crippen LogP contribution < -0.4 is 5.73 Å². The van der Waals surface area contributed by atoms with Gasteiger partial charge in [-0.3, -0.25) is 4.79 Å². The Labute approximate surface area is 116 Å². The molecule has 0 unspecified atom stereocenters. The Morgan fingerprint density at radius 1 is 1.33 bits per heavy atom. The molecule has 0 saturated heterocycles. The standard InChI is InChI=1S/C7H8O2S.C3H7NO3.Cu/c1-10(8,9)7-5-3-2-4-6-7;4-2(1-5)3(6)7;/h2-6H,1H3;2,5H,1,4H2,(H,6,7);/t;2-;/m.0./s1. The van der Waals surface area contributed by atoms with Gasteiger partial charge in [0.25, 0.3) is 0 Å². The Bertz CT molecular complexity index is 449. The van der Waals surface area contributed by atoms with Crippen LogP contribution in [0, 0.1) is 0 Å². The SMILES string of the molecule is CS(=O)(=O)c1ccccc1.N[C@@H](CO)C(=O)O.[Cu]. The summed E-state index contributed by atoms with van der Waals surface area (Å²) in [5, 5.41) is 15.9. The van der Waals surface area contributed by atoms with E-state index >= 15 is 0 Å². The largest absolute Gasteiger partial charge is 0.480 e. The van der Waals surface area contributed by atoms with Gasteiger partial charge in [-0.2, -0.15) is 0 Å². The molecular weight excluding hydrogens is 310 g/mol. The number of hydrogen-bond acceptors (Lipinski definition) is 5. The van der Waals surface area contributed by atoms with Gasteiger partial charge in [-0.15, -0.1) is 0 Å². The van der Waals surface area contributed by atoms with Crippen LogP contribution in [0.4, 0.5) is 0 Å². The van der Waals surface area contributed by atoms with E-state index in [1.54, 1.807) is 30.3 Å². The number of carboxylic acid groups (broad SMARTS) is 1. The van der Waals surface area contributed by atoms with E-state index in [4.69, 9.17) is 15.9 Å². The summed E-state index contributed by atoms with van der Waals surface area (Å²) in [5.41, 5.74) is 4.77. The van der Waals surface area contributed by atoms with E-state index in [0.717, 1.165) is 0 Å². The first-order valence-electron chi connectivity index (χ1n) is 4.63. The number of nitrogens with two attached hydrogens (primary N) is 1. The minimum Gasteiger partial charge on any atom is -0.480 e. The zero-order valence-electron chi connectivity index (χ0n) is 9.58. The molecule has 0 bridgehead atoms. The fraction of sp³-hybridized carbons (Fsp3) is 0.300. The molecule has 0 fully saturated rings. The van der Waals surface area contributed by atoms with Crippen molar-refractivity contribution in [3.63, 3.8) is 0 Å². The number of aliphatic hydroxyl groups excluding tert-OH is 1.